The van der Waals surface area contributed by atoms with Crippen molar-refractivity contribution >= 4 is 17.5 Å². The monoisotopic (exact) mass is 320 g/mol. The van der Waals surface area contributed by atoms with Crippen LogP contribution in [0.15, 0.2) is 24.3 Å². The highest BCUT2D eigenvalue weighted by atomic mass is 35.5. The Balaban J connectivity index is 2.08. The van der Waals surface area contributed by atoms with Gasteiger partial charge in [-0.15, -0.1) is 0 Å². The second kappa shape index (κ2) is 6.23. The van der Waals surface area contributed by atoms with E-state index in [1.54, 1.807) is 31.2 Å². The van der Waals surface area contributed by atoms with Gasteiger partial charge in [0.2, 0.25) is 5.91 Å². The molecule has 0 aromatic heterocycles. The molecule has 1 saturated heterocycles. The van der Waals surface area contributed by atoms with Gasteiger partial charge in [-0.25, -0.2) is 0 Å². The van der Waals surface area contributed by atoms with E-state index in [0.717, 1.165) is 5.56 Å². The number of halogens is 4. The number of alkyl halides is 3. The second-order valence-corrected chi connectivity index (χ2v) is 5.53. The first-order valence-corrected chi connectivity index (χ1v) is 7.04. The maximum atomic E-state index is 12.2. The van der Waals surface area contributed by atoms with Gasteiger partial charge in [0.25, 0.3) is 0 Å². The lowest BCUT2D eigenvalue weighted by molar-refractivity contribution is -0.140. The summed E-state index contributed by atoms with van der Waals surface area (Å²) in [6.45, 7) is 1.78. The highest BCUT2D eigenvalue weighted by Gasteiger charge is 2.37. The molecule has 1 heterocycles. The Kier molecular flexibility index (Phi) is 4.78. The van der Waals surface area contributed by atoms with Crippen LogP contribution in [-0.2, 0) is 4.79 Å². The summed E-state index contributed by atoms with van der Waals surface area (Å²) in [5.74, 6) is -0.183. The van der Waals surface area contributed by atoms with Gasteiger partial charge in [0, 0.05) is 18.0 Å². The molecule has 2 rings (SSSR count). The zero-order chi connectivity index (χ0) is 15.6. The summed E-state index contributed by atoms with van der Waals surface area (Å²) >= 11 is 5.82. The maximum Gasteiger partial charge on any atom is 0.389 e. The summed E-state index contributed by atoms with van der Waals surface area (Å²) < 4.78 is 36.7. The summed E-state index contributed by atoms with van der Waals surface area (Å²) in [6.07, 6.45) is -5.60. The van der Waals surface area contributed by atoms with E-state index in [9.17, 15) is 18.0 Å². The van der Waals surface area contributed by atoms with Crippen molar-refractivity contribution in [2.24, 2.45) is 0 Å². The molecule has 116 valence electrons. The van der Waals surface area contributed by atoms with Crippen LogP contribution >= 0.6 is 11.6 Å². The third kappa shape index (κ3) is 4.11. The molecule has 0 radical (unpaired) electrons. The Morgan fingerprint density at radius 2 is 1.90 bits per heavy atom. The Labute approximate surface area is 126 Å². The quantitative estimate of drug-likeness (QED) is 0.921. The molecule has 0 bridgehead atoms. The molecule has 7 heteroatoms. The predicted octanol–water partition coefficient (Wildman–Crippen LogP) is 3.50. The summed E-state index contributed by atoms with van der Waals surface area (Å²) in [4.78, 5) is 13.5. The van der Waals surface area contributed by atoms with Crippen LogP contribution < -0.4 is 5.32 Å². The van der Waals surface area contributed by atoms with Gasteiger partial charge in [-0.1, -0.05) is 23.7 Å². The first-order chi connectivity index (χ1) is 9.78. The van der Waals surface area contributed by atoms with Gasteiger partial charge in [-0.05, 0) is 31.0 Å². The zero-order valence-corrected chi connectivity index (χ0v) is 12.2. The molecule has 0 spiro atoms. The molecule has 1 aromatic rings. The Morgan fingerprint density at radius 1 is 1.29 bits per heavy atom. The van der Waals surface area contributed by atoms with Crippen molar-refractivity contribution in [3.05, 3.63) is 34.9 Å². The fraction of sp³-hybridized carbons (Fsp3) is 0.500. The molecule has 1 aromatic carbocycles. The van der Waals surface area contributed by atoms with E-state index in [4.69, 9.17) is 11.6 Å². The first kappa shape index (κ1) is 16.1. The van der Waals surface area contributed by atoms with Crippen LogP contribution in [0.2, 0.25) is 5.02 Å². The molecular formula is C14H16ClF3N2O. The Hall–Kier alpha value is -1.27. The minimum atomic E-state index is -4.20. The van der Waals surface area contributed by atoms with E-state index < -0.39 is 24.8 Å². The molecule has 2 atom stereocenters. The lowest BCUT2D eigenvalue weighted by atomic mass is 10.1. The predicted molar refractivity (Wildman–Crippen MR) is 73.8 cm³/mol. The summed E-state index contributed by atoms with van der Waals surface area (Å²) in [5.41, 5.74) is 0.809. The molecule has 2 unspecified atom stereocenters. The summed E-state index contributed by atoms with van der Waals surface area (Å²) in [7, 11) is 0. The molecule has 1 aliphatic heterocycles. The van der Waals surface area contributed by atoms with E-state index in [-0.39, 0.29) is 18.9 Å². The number of nitrogens with one attached hydrogen (secondary N) is 1. The highest BCUT2D eigenvalue weighted by Crippen LogP contribution is 2.28. The minimum absolute atomic E-state index is 0.0724. The molecular weight excluding hydrogens is 305 g/mol. The number of carbonyl (C=O) groups is 1. The van der Waals surface area contributed by atoms with Crippen LogP contribution in [0.3, 0.4) is 0 Å². The normalized spacial score (nSPS) is 22.9. The van der Waals surface area contributed by atoms with Gasteiger partial charge >= 0.3 is 6.18 Å². The molecule has 21 heavy (non-hydrogen) atoms. The van der Waals surface area contributed by atoms with Crippen LogP contribution in [0.5, 0.6) is 0 Å². The molecule has 3 nitrogen and oxygen atoms in total. The third-order valence-electron chi connectivity index (χ3n) is 3.42. The van der Waals surface area contributed by atoms with Gasteiger partial charge in [0.1, 0.15) is 6.17 Å². The average Bonchev–Trinajstić information content (AvgIpc) is 2.66. The largest absolute Gasteiger partial charge is 0.389 e. The van der Waals surface area contributed by atoms with Gasteiger partial charge in [0.05, 0.1) is 6.04 Å². The van der Waals surface area contributed by atoms with E-state index in [0.29, 0.717) is 5.02 Å². The topological polar surface area (TPSA) is 32.3 Å². The maximum absolute atomic E-state index is 12.2. The van der Waals surface area contributed by atoms with Crippen LogP contribution in [0, 0.1) is 0 Å². The van der Waals surface area contributed by atoms with Gasteiger partial charge in [-0.2, -0.15) is 13.2 Å². The fourth-order valence-electron chi connectivity index (χ4n) is 2.38. The molecule has 1 aliphatic rings. The molecule has 1 fully saturated rings. The lowest BCUT2D eigenvalue weighted by Crippen LogP contribution is -2.32. The Bertz CT molecular complexity index is 504. The number of hydrogen-bond donors (Lipinski definition) is 1. The van der Waals surface area contributed by atoms with Crippen molar-refractivity contribution in [3.8, 4) is 0 Å². The van der Waals surface area contributed by atoms with Crippen molar-refractivity contribution in [3.63, 3.8) is 0 Å². The van der Waals surface area contributed by atoms with Crippen LogP contribution in [0.4, 0.5) is 13.2 Å². The fourth-order valence-corrected chi connectivity index (χ4v) is 2.51. The molecule has 1 N–H and O–H groups in total. The van der Waals surface area contributed by atoms with Gasteiger partial charge < -0.3 is 4.90 Å². The van der Waals surface area contributed by atoms with E-state index in [1.165, 1.54) is 4.90 Å². The summed E-state index contributed by atoms with van der Waals surface area (Å²) in [5, 5.41) is 3.66. The van der Waals surface area contributed by atoms with Crippen LogP contribution in [0.1, 0.15) is 31.5 Å². The molecule has 1 amide bonds. The second-order valence-electron chi connectivity index (χ2n) is 5.09. The van der Waals surface area contributed by atoms with E-state index >= 15 is 0 Å². The minimum Gasteiger partial charge on any atom is -0.322 e. The van der Waals surface area contributed by atoms with Crippen molar-refractivity contribution < 1.29 is 18.0 Å². The number of hydrogen-bond acceptors (Lipinski definition) is 2. The number of nitrogens with zero attached hydrogens (tertiary/aromatic N) is 1. The van der Waals surface area contributed by atoms with E-state index in [2.05, 4.69) is 5.32 Å². The third-order valence-corrected chi connectivity index (χ3v) is 3.67. The Morgan fingerprint density at radius 3 is 2.48 bits per heavy atom. The van der Waals surface area contributed by atoms with Gasteiger partial charge in [0.15, 0.2) is 0 Å². The standard InChI is InChI=1S/C14H16ClF3N2O/c1-9-13(21)20(8-2-7-14(16,17)18)12(19-9)10-3-5-11(15)6-4-10/h3-6,9,12,19H,2,7-8H2,1H3. The van der Waals surface area contributed by atoms with Crippen molar-refractivity contribution in [1.29, 1.82) is 0 Å². The number of benzene rings is 1. The zero-order valence-electron chi connectivity index (χ0n) is 11.5. The lowest BCUT2D eigenvalue weighted by Gasteiger charge is -2.25. The number of amides is 1. The first-order valence-electron chi connectivity index (χ1n) is 6.67. The van der Waals surface area contributed by atoms with Crippen molar-refractivity contribution in [1.82, 2.24) is 10.2 Å². The molecule has 0 saturated carbocycles. The SMILES string of the molecule is CC1NC(c2ccc(Cl)cc2)N(CCCC(F)(F)F)C1=O. The average molecular weight is 321 g/mol. The van der Waals surface area contributed by atoms with Crippen molar-refractivity contribution in [2.45, 2.75) is 38.1 Å². The van der Waals surface area contributed by atoms with Crippen molar-refractivity contribution in [2.75, 3.05) is 6.54 Å². The smallest absolute Gasteiger partial charge is 0.322 e. The van der Waals surface area contributed by atoms with Gasteiger partial charge in [-0.3, -0.25) is 10.1 Å². The molecule has 0 aliphatic carbocycles. The highest BCUT2D eigenvalue weighted by molar-refractivity contribution is 6.30. The van der Waals surface area contributed by atoms with E-state index in [1.807, 2.05) is 0 Å². The van der Waals surface area contributed by atoms with Crippen LogP contribution in [0.25, 0.3) is 0 Å². The summed E-state index contributed by atoms with van der Waals surface area (Å²) in [6, 6.07) is 6.51. The number of carbonyl (C=O) groups excluding carboxylic acids is 1. The van der Waals surface area contributed by atoms with Crippen LogP contribution in [-0.4, -0.2) is 29.6 Å². The number of rotatable bonds is 4.